The molecule has 0 aromatic carbocycles. The molecule has 3 unspecified atom stereocenters. The Morgan fingerprint density at radius 1 is 0.373 bits per heavy atom. The Morgan fingerprint density at radius 2 is 0.651 bits per heavy atom. The van der Waals surface area contributed by atoms with Gasteiger partial charge < -0.3 is 43.1 Å². The predicted molar refractivity (Wildman–Crippen MR) is 470 cm³/mol. The van der Waals surface area contributed by atoms with E-state index in [0.717, 1.165) is 96.3 Å². The molecule has 3 saturated carbocycles. The molecule has 3 atom stereocenters. The van der Waals surface area contributed by atoms with Crippen molar-refractivity contribution in [2.24, 2.45) is 34.0 Å². The molecule has 12 aliphatic rings. The van der Waals surface area contributed by atoms with E-state index in [1.54, 1.807) is 87.2 Å². The topological polar surface area (TPSA) is 386 Å². The lowest BCUT2D eigenvalue weighted by Gasteiger charge is -2.34. The average Bonchev–Trinajstić information content (AvgIpc) is 1.64. The highest BCUT2D eigenvalue weighted by molar-refractivity contribution is 7.90. The van der Waals surface area contributed by atoms with Crippen molar-refractivity contribution in [3.63, 3.8) is 0 Å². The van der Waals surface area contributed by atoms with Gasteiger partial charge in [-0.3, -0.25) is 14.4 Å². The number of fused-ring (bicyclic) bond motifs is 24. The number of nitrogens with one attached hydrogen (secondary N) is 3. The number of nitrogens with zero attached hydrogens (tertiary/aromatic N) is 15. The SMILES string of the molecule is CC1(CCOc2ccn(-c3ccc4c(n3)N3CC(CCCCOc5ccc(cn5)S(=O)(=O)NC4=O)CC3(C)C)n2)CC1.CC1(CCOc2ccn(-c3ccc4c(n3)N3CC(CCCCOc5ccc(cn5)S(=O)(=O)NC4=O)CC3(C)C)n2)CC1.CC1(CCOc2ccn(-c3ccc4c(n3)N3CC(CCCCOc5ccc(cn5)S(=O)(=O)NC4=O)CC3(C)C)n2)CC1. The van der Waals surface area contributed by atoms with E-state index >= 15 is 0 Å². The van der Waals surface area contributed by atoms with Gasteiger partial charge in [0.15, 0.2) is 17.5 Å². The van der Waals surface area contributed by atoms with Gasteiger partial charge in [-0.25, -0.2) is 83.4 Å². The zero-order chi connectivity index (χ0) is 88.6. The van der Waals surface area contributed by atoms with Crippen molar-refractivity contribution < 1.29 is 68.1 Å². The quantitative estimate of drug-likeness (QED) is 0.0858. The Labute approximate surface area is 736 Å². The van der Waals surface area contributed by atoms with Crippen molar-refractivity contribution in [1.29, 1.82) is 0 Å². The van der Waals surface area contributed by atoms with Gasteiger partial charge in [-0.05, 0) is 265 Å². The van der Waals surface area contributed by atoms with Crippen molar-refractivity contribution in [2.45, 2.75) is 228 Å². The minimum absolute atomic E-state index is 0.125. The molecular formula is C90H114N18O15S3. The minimum atomic E-state index is -4.18. The highest BCUT2D eigenvalue weighted by Crippen LogP contribution is 2.51. The summed E-state index contributed by atoms with van der Waals surface area (Å²) in [5.74, 6) is 4.27. The van der Waals surface area contributed by atoms with E-state index < -0.39 is 47.8 Å². The highest BCUT2D eigenvalue weighted by atomic mass is 32.2. The Bertz CT molecular complexity index is 5250. The van der Waals surface area contributed by atoms with Gasteiger partial charge >= 0.3 is 0 Å². The third kappa shape index (κ3) is 21.1. The lowest BCUT2D eigenvalue weighted by Crippen LogP contribution is -2.41. The fraction of sp³-hybridized carbons (Fsp3) is 0.533. The maximum atomic E-state index is 13.6. The monoisotopic (exact) mass is 1780 g/mol. The molecule has 36 heteroatoms. The van der Waals surface area contributed by atoms with Crippen molar-refractivity contribution in [3.8, 4) is 52.7 Å². The molecule has 0 radical (unpaired) electrons. The third-order valence-corrected chi connectivity index (χ3v) is 30.0. The summed E-state index contributed by atoms with van der Waals surface area (Å²) in [6.07, 6.45) is 30.6. The number of rotatable bonds is 15. The lowest BCUT2D eigenvalue weighted by atomic mass is 9.93. The molecule has 3 aliphatic carbocycles. The van der Waals surface area contributed by atoms with Crippen LogP contribution < -0.4 is 57.3 Å². The second-order valence-electron chi connectivity index (χ2n) is 38.0. The van der Waals surface area contributed by atoms with Crippen molar-refractivity contribution in [3.05, 3.63) is 145 Å². The lowest BCUT2D eigenvalue weighted by molar-refractivity contribution is 0.0972. The second-order valence-corrected chi connectivity index (χ2v) is 43.0. The molecule has 9 aromatic heterocycles. The first-order valence-electron chi connectivity index (χ1n) is 44.0. The van der Waals surface area contributed by atoms with Crippen LogP contribution in [0.5, 0.6) is 35.3 Å². The first kappa shape index (κ1) is 88.4. The summed E-state index contributed by atoms with van der Waals surface area (Å²) in [7, 11) is -12.6. The molecule has 6 fully saturated rings. The number of ether oxygens (including phenoxy) is 6. The summed E-state index contributed by atoms with van der Waals surface area (Å²) in [6.45, 7) is 25.0. The fourth-order valence-corrected chi connectivity index (χ4v) is 20.2. The van der Waals surface area contributed by atoms with Crippen LogP contribution in [0.1, 0.15) is 228 Å². The summed E-state index contributed by atoms with van der Waals surface area (Å²) in [6, 6.07) is 23.9. The first-order chi connectivity index (χ1) is 60.0. The van der Waals surface area contributed by atoms with Crippen LogP contribution in [0.2, 0.25) is 0 Å². The van der Waals surface area contributed by atoms with Crippen LogP contribution in [-0.4, -0.2) is 178 Å². The Balaban J connectivity index is 0.000000139. The van der Waals surface area contributed by atoms with Crippen LogP contribution in [0, 0.1) is 34.0 Å². The number of hydrogen-bond acceptors (Lipinski definition) is 27. The largest absolute Gasteiger partial charge is 0.478 e. The van der Waals surface area contributed by atoms with E-state index in [9.17, 15) is 39.6 Å². The predicted octanol–water partition coefficient (Wildman–Crippen LogP) is 13.6. The van der Waals surface area contributed by atoms with Crippen molar-refractivity contribution in [1.82, 2.24) is 73.4 Å². The van der Waals surface area contributed by atoms with Crippen LogP contribution in [0.15, 0.2) is 143 Å². The van der Waals surface area contributed by atoms with Crippen LogP contribution in [0.25, 0.3) is 17.5 Å². The van der Waals surface area contributed by atoms with Crippen LogP contribution in [0.3, 0.4) is 0 Å². The van der Waals surface area contributed by atoms with Gasteiger partial charge in [0, 0.05) is 91.2 Å². The number of anilines is 3. The zero-order valence-corrected chi connectivity index (χ0v) is 75.6. The normalized spacial score (nSPS) is 22.5. The Morgan fingerprint density at radius 3 is 0.905 bits per heavy atom. The van der Waals surface area contributed by atoms with Gasteiger partial charge in [0.1, 0.15) is 32.1 Å². The molecule has 33 nitrogen and oxygen atoms in total. The molecular weight excluding hydrogens is 1670 g/mol. The van der Waals surface area contributed by atoms with Crippen molar-refractivity contribution >= 4 is 65.2 Å². The van der Waals surface area contributed by atoms with E-state index in [1.165, 1.54) is 93.5 Å². The molecule has 0 spiro atoms. The second kappa shape index (κ2) is 35.7. The van der Waals surface area contributed by atoms with Gasteiger partial charge in [-0.2, -0.15) is 0 Å². The molecule has 18 heterocycles. The number of pyridine rings is 6. The number of sulfonamides is 3. The minimum Gasteiger partial charge on any atom is -0.478 e. The molecule has 12 bridgehead atoms. The van der Waals surface area contributed by atoms with Gasteiger partial charge in [-0.15, -0.1) is 15.3 Å². The van der Waals surface area contributed by atoms with Gasteiger partial charge in [0.05, 0.1) is 74.9 Å². The smallest absolute Gasteiger partial charge is 0.268 e. The van der Waals surface area contributed by atoms with E-state index in [0.29, 0.717) is 163 Å². The Kier molecular flexibility index (Phi) is 25.0. The molecule has 3 N–H and O–H groups in total. The molecule has 21 rings (SSSR count). The first-order valence-corrected chi connectivity index (χ1v) is 48.4. The van der Waals surface area contributed by atoms with Gasteiger partial charge in [0.2, 0.25) is 35.3 Å². The molecule has 3 saturated heterocycles. The molecule has 9 aliphatic heterocycles. The summed E-state index contributed by atoms with van der Waals surface area (Å²) in [5, 5.41) is 13.7. The number of carbonyl (C=O) groups excluding carboxylic acids is 3. The summed E-state index contributed by atoms with van der Waals surface area (Å²) >= 11 is 0. The average molecular weight is 1780 g/mol. The Hall–Kier alpha value is -11.0. The summed E-state index contributed by atoms with van der Waals surface area (Å²) < 4.78 is 125. The maximum absolute atomic E-state index is 13.6. The summed E-state index contributed by atoms with van der Waals surface area (Å²) in [4.78, 5) is 73.8. The van der Waals surface area contributed by atoms with Gasteiger partial charge in [-0.1, -0.05) is 20.8 Å². The fourth-order valence-electron chi connectivity index (χ4n) is 17.5. The van der Waals surface area contributed by atoms with Gasteiger partial charge in [0.25, 0.3) is 47.8 Å². The maximum Gasteiger partial charge on any atom is 0.268 e. The van der Waals surface area contributed by atoms with Crippen LogP contribution >= 0.6 is 0 Å². The highest BCUT2D eigenvalue weighted by Gasteiger charge is 2.46. The third-order valence-electron chi connectivity index (χ3n) is 26.0. The molecule has 3 amide bonds. The molecule has 672 valence electrons. The van der Waals surface area contributed by atoms with E-state index in [-0.39, 0.29) is 48.0 Å². The van der Waals surface area contributed by atoms with Crippen molar-refractivity contribution in [2.75, 3.05) is 74.0 Å². The zero-order valence-electron chi connectivity index (χ0n) is 73.1. The number of hydrogen-bond donors (Lipinski definition) is 3. The number of carbonyl (C=O) groups is 3. The number of aromatic nitrogens is 12. The van der Waals surface area contributed by atoms with Crippen LogP contribution in [0.4, 0.5) is 17.5 Å². The van der Waals surface area contributed by atoms with E-state index in [4.69, 9.17) is 43.4 Å². The standard InChI is InChI=1S/3C30H38N6O5S/c3*1-29(2)18-21-6-4-5-16-40-25-10-7-22(19-31-25)42(38,39)34-28(37)23-8-9-24(32-27(23)35(29)20-21)36-15-11-26(33-36)41-17-14-30(3)12-13-30/h3*7-11,15,19,21H,4-6,12-14,16-18,20H2,1-3H3,(H,34,37). The van der Waals surface area contributed by atoms with E-state index in [2.05, 4.69) is 121 Å². The van der Waals surface area contributed by atoms with E-state index in [1.807, 2.05) is 0 Å². The number of amides is 3. The molecule has 9 aromatic rings. The molecule has 126 heavy (non-hydrogen) atoms. The van der Waals surface area contributed by atoms with Crippen LogP contribution in [-0.2, 0) is 30.1 Å². The summed E-state index contributed by atoms with van der Waals surface area (Å²) in [5.41, 5.74) is 0.806.